The Morgan fingerprint density at radius 2 is 1.00 bits per heavy atom. The summed E-state index contributed by atoms with van der Waals surface area (Å²) in [6.07, 6.45) is 24.1. The fourth-order valence-electron chi connectivity index (χ4n) is 5.53. The fourth-order valence-corrected chi connectivity index (χ4v) is 5.53. The molecule has 4 aliphatic carbocycles. The summed E-state index contributed by atoms with van der Waals surface area (Å²) in [6.45, 7) is 3.93. The molecular formula is C36H26Cl2O2Zr. The van der Waals surface area contributed by atoms with Crippen molar-refractivity contribution in [3.8, 4) is 22.6 Å². The van der Waals surface area contributed by atoms with Gasteiger partial charge >= 0.3 is 26.2 Å². The number of benzene rings is 2. The van der Waals surface area contributed by atoms with Crippen LogP contribution in [0.3, 0.4) is 0 Å². The van der Waals surface area contributed by atoms with Gasteiger partial charge in [0.1, 0.15) is 23.0 Å². The van der Waals surface area contributed by atoms with Gasteiger partial charge in [-0.3, -0.25) is 0 Å². The Hall–Kier alpha value is -3.10. The molecule has 2 aromatic carbocycles. The van der Waals surface area contributed by atoms with Gasteiger partial charge in [-0.25, -0.2) is 0 Å². The fraction of sp³-hybridized carbons (Fsp3) is 0.111. The van der Waals surface area contributed by atoms with E-state index in [4.69, 9.17) is 8.83 Å². The van der Waals surface area contributed by atoms with E-state index in [9.17, 15) is 0 Å². The van der Waals surface area contributed by atoms with Crippen LogP contribution in [0.15, 0.2) is 129 Å². The van der Waals surface area contributed by atoms with Gasteiger partial charge in [0.2, 0.25) is 0 Å². The van der Waals surface area contributed by atoms with E-state index in [1.165, 1.54) is 33.4 Å². The summed E-state index contributed by atoms with van der Waals surface area (Å²) in [6, 6.07) is 21.0. The van der Waals surface area contributed by atoms with Crippen LogP contribution < -0.4 is 24.8 Å². The number of halogens is 2. The SMILES string of the molecule is Cc1ccc(-c2ccc3c(c2)[C-]=C2C=CC=CC23)o1.Cc1ccc(-c2ccc3c(c2)[C-]=C2C=CC=CC23)o1.[Cl-].[Cl-].[Zr+4]. The van der Waals surface area contributed by atoms with Gasteiger partial charge in [-0.1, -0.05) is 48.6 Å². The van der Waals surface area contributed by atoms with Gasteiger partial charge < -0.3 is 33.6 Å². The minimum Gasteiger partial charge on any atom is -1.00 e. The standard InChI is InChI=1S/2C18H13O.2ClH.Zr/c2*1-12-6-9-18(19-12)14-7-8-17-15(11-14)10-13-4-2-3-5-16(13)17;;;/h2*2-9,11,16H,1H3;2*1H;/q2*-1;;;+4/p-2. The van der Waals surface area contributed by atoms with Crippen LogP contribution in [0.2, 0.25) is 0 Å². The number of fused-ring (bicyclic) bond motifs is 6. The van der Waals surface area contributed by atoms with E-state index in [1.807, 2.05) is 38.1 Å². The molecule has 2 heterocycles. The zero-order valence-corrected chi connectivity index (χ0v) is 26.6. The molecule has 0 N–H and O–H groups in total. The van der Waals surface area contributed by atoms with Crippen molar-refractivity contribution in [3.63, 3.8) is 0 Å². The first kappa shape index (κ1) is 30.9. The molecule has 4 aromatic rings. The molecule has 2 aromatic heterocycles. The van der Waals surface area contributed by atoms with Crippen LogP contribution in [0.4, 0.5) is 0 Å². The third kappa shape index (κ3) is 5.95. The molecule has 0 spiro atoms. The van der Waals surface area contributed by atoms with Crippen LogP contribution in [0, 0.1) is 26.0 Å². The van der Waals surface area contributed by atoms with Crippen LogP contribution in [0.1, 0.15) is 45.6 Å². The first-order chi connectivity index (χ1) is 18.6. The van der Waals surface area contributed by atoms with Gasteiger partial charge in [-0.2, -0.15) is 0 Å². The smallest absolute Gasteiger partial charge is 1.00 e. The molecule has 8 rings (SSSR count). The molecule has 0 saturated heterocycles. The largest absolute Gasteiger partial charge is 4.00 e. The van der Waals surface area contributed by atoms with Crippen molar-refractivity contribution in [2.45, 2.75) is 25.7 Å². The summed E-state index contributed by atoms with van der Waals surface area (Å²) in [4.78, 5) is 0. The van der Waals surface area contributed by atoms with Crippen LogP contribution in [0.5, 0.6) is 0 Å². The van der Waals surface area contributed by atoms with Gasteiger partial charge in [0.05, 0.1) is 0 Å². The summed E-state index contributed by atoms with van der Waals surface area (Å²) in [5, 5.41) is 0. The van der Waals surface area contributed by atoms with Gasteiger partial charge in [-0.05, 0) is 61.1 Å². The molecule has 4 aliphatic rings. The average Bonchev–Trinajstić information content (AvgIpc) is 3.72. The second kappa shape index (κ2) is 12.8. The minimum absolute atomic E-state index is 0. The molecule has 200 valence electrons. The van der Waals surface area contributed by atoms with Gasteiger partial charge in [-0.15, -0.1) is 82.0 Å². The molecule has 2 nitrogen and oxygen atoms in total. The minimum atomic E-state index is 0. The van der Waals surface area contributed by atoms with Crippen LogP contribution in [0.25, 0.3) is 22.6 Å². The number of hydrogen-bond donors (Lipinski definition) is 0. The second-order valence-electron chi connectivity index (χ2n) is 10.0. The van der Waals surface area contributed by atoms with E-state index in [-0.39, 0.29) is 51.0 Å². The van der Waals surface area contributed by atoms with Gasteiger partial charge in [0, 0.05) is 0 Å². The van der Waals surface area contributed by atoms with E-state index in [1.54, 1.807) is 0 Å². The van der Waals surface area contributed by atoms with Crippen molar-refractivity contribution >= 4 is 0 Å². The molecule has 0 aliphatic heterocycles. The van der Waals surface area contributed by atoms with Crippen LogP contribution >= 0.6 is 0 Å². The summed E-state index contributed by atoms with van der Waals surface area (Å²) in [5.74, 6) is 4.50. The van der Waals surface area contributed by atoms with Crippen molar-refractivity contribution in [1.82, 2.24) is 0 Å². The second-order valence-corrected chi connectivity index (χ2v) is 10.0. The molecule has 0 amide bonds. The normalized spacial score (nSPS) is 17.8. The number of aryl methyl sites for hydroxylation is 2. The van der Waals surface area contributed by atoms with Crippen molar-refractivity contribution in [3.05, 3.63) is 166 Å². The third-order valence-electron chi connectivity index (χ3n) is 7.44. The van der Waals surface area contributed by atoms with Crippen molar-refractivity contribution < 1.29 is 59.9 Å². The molecule has 2 unspecified atom stereocenters. The topological polar surface area (TPSA) is 26.3 Å². The summed E-state index contributed by atoms with van der Waals surface area (Å²) >= 11 is 0. The molecule has 0 saturated carbocycles. The van der Waals surface area contributed by atoms with E-state index < -0.39 is 0 Å². The maximum absolute atomic E-state index is 5.69. The Morgan fingerprint density at radius 1 is 0.561 bits per heavy atom. The van der Waals surface area contributed by atoms with Crippen molar-refractivity contribution in [2.75, 3.05) is 0 Å². The third-order valence-corrected chi connectivity index (χ3v) is 7.44. The van der Waals surface area contributed by atoms with Crippen molar-refractivity contribution in [1.29, 1.82) is 0 Å². The van der Waals surface area contributed by atoms with Crippen LogP contribution in [-0.2, 0) is 26.2 Å². The van der Waals surface area contributed by atoms with Gasteiger partial charge in [0.15, 0.2) is 0 Å². The van der Waals surface area contributed by atoms with E-state index in [2.05, 4.69) is 97.2 Å². The molecular weight excluding hydrogens is 627 g/mol. The molecule has 0 bridgehead atoms. The summed E-state index contributed by atoms with van der Waals surface area (Å²) < 4.78 is 11.4. The Balaban J connectivity index is 0.000000176. The molecule has 41 heavy (non-hydrogen) atoms. The molecule has 0 radical (unpaired) electrons. The van der Waals surface area contributed by atoms with Crippen molar-refractivity contribution in [2.24, 2.45) is 0 Å². The van der Waals surface area contributed by atoms with E-state index >= 15 is 0 Å². The summed E-state index contributed by atoms with van der Waals surface area (Å²) in [5.41, 5.74) is 9.78. The number of hydrogen-bond acceptors (Lipinski definition) is 2. The molecule has 2 atom stereocenters. The average molecular weight is 653 g/mol. The maximum Gasteiger partial charge on any atom is 4.00 e. The number of furan rings is 2. The first-order valence-electron chi connectivity index (χ1n) is 13.0. The zero-order chi connectivity index (χ0) is 25.6. The van der Waals surface area contributed by atoms with Crippen LogP contribution in [-0.4, -0.2) is 0 Å². The monoisotopic (exact) mass is 650 g/mol. The predicted molar refractivity (Wildman–Crippen MR) is 152 cm³/mol. The quantitative estimate of drug-likeness (QED) is 0.312. The first-order valence-corrected chi connectivity index (χ1v) is 13.0. The Kier molecular flexibility index (Phi) is 9.65. The Bertz CT molecular complexity index is 1630. The van der Waals surface area contributed by atoms with E-state index in [0.717, 1.165) is 34.2 Å². The molecule has 0 fully saturated rings. The number of allylic oxidation sites excluding steroid dienone is 10. The summed E-state index contributed by atoms with van der Waals surface area (Å²) in [7, 11) is 0. The van der Waals surface area contributed by atoms with E-state index in [0.29, 0.717) is 11.8 Å². The number of rotatable bonds is 2. The molecule has 5 heteroatoms. The Morgan fingerprint density at radius 3 is 1.39 bits per heavy atom. The zero-order valence-electron chi connectivity index (χ0n) is 22.6. The predicted octanol–water partition coefficient (Wildman–Crippen LogP) is 3.12. The maximum atomic E-state index is 5.69. The Labute approximate surface area is 272 Å². The van der Waals surface area contributed by atoms with Gasteiger partial charge in [0.25, 0.3) is 0 Å².